The molecule has 3 heteroatoms. The first-order valence-corrected chi connectivity index (χ1v) is 12.3. The predicted molar refractivity (Wildman–Crippen MR) is 137 cm³/mol. The summed E-state index contributed by atoms with van der Waals surface area (Å²) in [7, 11) is 0. The van der Waals surface area contributed by atoms with Gasteiger partial charge in [-0.05, 0) is 89.6 Å². The fourth-order valence-corrected chi connectivity index (χ4v) is 4.98. The zero-order valence-electron chi connectivity index (χ0n) is 17.7. The van der Waals surface area contributed by atoms with Gasteiger partial charge < -0.3 is 4.57 Å². The molecule has 3 aromatic rings. The van der Waals surface area contributed by atoms with Crippen LogP contribution in [-0.2, 0) is 19.4 Å². The Bertz CT molecular complexity index is 1130. The van der Waals surface area contributed by atoms with E-state index in [-0.39, 0.29) is 5.92 Å². The van der Waals surface area contributed by atoms with E-state index in [1.54, 1.807) is 0 Å². The van der Waals surface area contributed by atoms with E-state index in [4.69, 9.17) is 4.98 Å². The summed E-state index contributed by atoms with van der Waals surface area (Å²) >= 11 is 2.39. The number of aromatic nitrogens is 2. The van der Waals surface area contributed by atoms with Gasteiger partial charge in [0, 0.05) is 16.0 Å². The van der Waals surface area contributed by atoms with Gasteiger partial charge in [-0.25, -0.2) is 4.98 Å². The van der Waals surface area contributed by atoms with Crippen molar-refractivity contribution in [2.45, 2.75) is 44.6 Å². The predicted octanol–water partition coefficient (Wildman–Crippen LogP) is 7.10. The third kappa shape index (κ3) is 4.62. The molecule has 0 radical (unpaired) electrons. The van der Waals surface area contributed by atoms with Crippen LogP contribution in [0.4, 0.5) is 0 Å². The summed E-state index contributed by atoms with van der Waals surface area (Å²) in [4.78, 5) is 5.27. The van der Waals surface area contributed by atoms with E-state index in [1.807, 2.05) is 0 Å². The molecule has 1 atom stereocenters. The molecule has 1 unspecified atom stereocenters. The molecule has 2 aliphatic carbocycles. The van der Waals surface area contributed by atoms with Crippen LogP contribution >= 0.6 is 22.6 Å². The first-order valence-electron chi connectivity index (χ1n) is 11.2. The summed E-state index contributed by atoms with van der Waals surface area (Å²) in [6.07, 6.45) is 16.9. The Hall–Kier alpha value is -2.40. The highest BCUT2D eigenvalue weighted by Crippen LogP contribution is 2.33. The quantitative estimate of drug-likeness (QED) is 0.319. The zero-order chi connectivity index (χ0) is 21.0. The Labute approximate surface area is 198 Å². The Balaban J connectivity index is 1.61. The summed E-state index contributed by atoms with van der Waals surface area (Å²) in [6, 6.07) is 19.8. The Morgan fingerprint density at radius 1 is 0.903 bits per heavy atom. The maximum atomic E-state index is 5.27. The molecule has 2 nitrogen and oxygen atoms in total. The minimum absolute atomic E-state index is 0.228. The van der Waals surface area contributed by atoms with E-state index in [0.717, 1.165) is 38.6 Å². The monoisotopic (exact) mass is 518 g/mol. The van der Waals surface area contributed by atoms with Crippen molar-refractivity contribution < 1.29 is 0 Å². The number of allylic oxidation sites excluding steroid dienone is 5. The molecule has 31 heavy (non-hydrogen) atoms. The summed E-state index contributed by atoms with van der Waals surface area (Å²) < 4.78 is 3.75. The van der Waals surface area contributed by atoms with Crippen molar-refractivity contribution in [1.29, 1.82) is 0 Å². The van der Waals surface area contributed by atoms with Crippen molar-refractivity contribution in [3.05, 3.63) is 116 Å². The SMILES string of the molecule is Ic1ccc(C(Cc2ccccc2)c2nc3c(n2CC2=CCCC=C2)C=CCC3)cc1. The van der Waals surface area contributed by atoms with Crippen molar-refractivity contribution in [2.24, 2.45) is 0 Å². The number of hydrogen-bond donors (Lipinski definition) is 0. The second-order valence-corrected chi connectivity index (χ2v) is 9.63. The average molecular weight is 518 g/mol. The van der Waals surface area contributed by atoms with E-state index in [2.05, 4.69) is 112 Å². The maximum absolute atomic E-state index is 5.27. The van der Waals surface area contributed by atoms with Gasteiger partial charge >= 0.3 is 0 Å². The fraction of sp³-hybridized carbons (Fsp3) is 0.250. The highest BCUT2D eigenvalue weighted by Gasteiger charge is 2.25. The molecule has 1 heterocycles. The van der Waals surface area contributed by atoms with Crippen LogP contribution in [0.1, 0.15) is 53.5 Å². The summed E-state index contributed by atoms with van der Waals surface area (Å²) in [6.45, 7) is 0.897. The number of fused-ring (bicyclic) bond motifs is 1. The van der Waals surface area contributed by atoms with Crippen LogP contribution in [0.5, 0.6) is 0 Å². The van der Waals surface area contributed by atoms with Gasteiger partial charge in [-0.3, -0.25) is 0 Å². The molecule has 5 rings (SSSR count). The van der Waals surface area contributed by atoms with Gasteiger partial charge in [0.25, 0.3) is 0 Å². The van der Waals surface area contributed by atoms with Crippen LogP contribution in [0.25, 0.3) is 6.08 Å². The van der Waals surface area contributed by atoms with Gasteiger partial charge in [-0.15, -0.1) is 0 Å². The lowest BCUT2D eigenvalue weighted by Crippen LogP contribution is -2.15. The zero-order valence-corrected chi connectivity index (χ0v) is 19.8. The molecule has 2 aliphatic rings. The van der Waals surface area contributed by atoms with Crippen LogP contribution in [-0.4, -0.2) is 9.55 Å². The first kappa shape index (κ1) is 20.5. The number of rotatable bonds is 6. The van der Waals surface area contributed by atoms with Gasteiger partial charge in [0.05, 0.1) is 11.4 Å². The molecule has 0 saturated carbocycles. The number of aryl methyl sites for hydroxylation is 1. The van der Waals surface area contributed by atoms with Crippen molar-refractivity contribution in [2.75, 3.05) is 0 Å². The molecule has 0 bridgehead atoms. The number of halogens is 1. The third-order valence-corrected chi connectivity index (χ3v) is 6.93. The Kier molecular flexibility index (Phi) is 6.21. The van der Waals surface area contributed by atoms with E-state index in [9.17, 15) is 0 Å². The molecule has 1 aromatic heterocycles. The highest BCUT2D eigenvalue weighted by molar-refractivity contribution is 14.1. The van der Waals surface area contributed by atoms with E-state index >= 15 is 0 Å². The molecule has 0 N–H and O–H groups in total. The van der Waals surface area contributed by atoms with Crippen LogP contribution in [0.15, 0.2) is 84.5 Å². The first-order chi connectivity index (χ1) is 15.3. The second-order valence-electron chi connectivity index (χ2n) is 8.38. The molecule has 0 amide bonds. The number of imidazole rings is 1. The van der Waals surface area contributed by atoms with Crippen molar-refractivity contribution in [1.82, 2.24) is 9.55 Å². The largest absolute Gasteiger partial charge is 0.323 e. The highest BCUT2D eigenvalue weighted by atomic mass is 127. The van der Waals surface area contributed by atoms with Crippen LogP contribution in [0.2, 0.25) is 0 Å². The molecular formula is C28H27IN2. The number of nitrogens with zero attached hydrogens (tertiary/aromatic N) is 2. The summed E-state index contributed by atoms with van der Waals surface area (Å²) in [5, 5.41) is 0. The van der Waals surface area contributed by atoms with Crippen molar-refractivity contribution >= 4 is 28.7 Å². The van der Waals surface area contributed by atoms with Crippen LogP contribution in [0.3, 0.4) is 0 Å². The van der Waals surface area contributed by atoms with Gasteiger partial charge in [-0.2, -0.15) is 0 Å². The van der Waals surface area contributed by atoms with Crippen LogP contribution < -0.4 is 0 Å². The normalized spacial score (nSPS) is 16.1. The fourth-order valence-electron chi connectivity index (χ4n) is 4.62. The lowest BCUT2D eigenvalue weighted by atomic mass is 9.91. The molecular weight excluding hydrogens is 491 g/mol. The van der Waals surface area contributed by atoms with E-state index < -0.39 is 0 Å². The Morgan fingerprint density at radius 2 is 1.71 bits per heavy atom. The van der Waals surface area contributed by atoms with Crippen LogP contribution in [0, 0.1) is 3.57 Å². The lowest BCUT2D eigenvalue weighted by Gasteiger charge is -2.21. The maximum Gasteiger partial charge on any atom is 0.117 e. The van der Waals surface area contributed by atoms with Gasteiger partial charge in [0.2, 0.25) is 0 Å². The average Bonchev–Trinajstić information content (AvgIpc) is 3.18. The number of hydrogen-bond acceptors (Lipinski definition) is 1. The topological polar surface area (TPSA) is 17.8 Å². The molecule has 0 spiro atoms. The molecule has 0 aliphatic heterocycles. The summed E-state index contributed by atoms with van der Waals surface area (Å²) in [5.74, 6) is 1.42. The smallest absolute Gasteiger partial charge is 0.117 e. The molecule has 2 aromatic carbocycles. The van der Waals surface area contributed by atoms with Crippen molar-refractivity contribution in [3.8, 4) is 0 Å². The molecule has 0 fully saturated rings. The minimum Gasteiger partial charge on any atom is -0.323 e. The summed E-state index contributed by atoms with van der Waals surface area (Å²) in [5.41, 5.74) is 6.63. The number of benzene rings is 2. The van der Waals surface area contributed by atoms with Gasteiger partial charge in [0.15, 0.2) is 0 Å². The second kappa shape index (κ2) is 9.39. The van der Waals surface area contributed by atoms with E-state index in [1.165, 1.54) is 37.5 Å². The lowest BCUT2D eigenvalue weighted by molar-refractivity contribution is 0.649. The minimum atomic E-state index is 0.228. The standard InChI is InChI=1S/C28H27IN2/c29-24-17-15-23(16-18-24)25(19-21-9-3-1-4-10-21)28-30-26-13-7-8-14-27(26)31(28)20-22-11-5-2-6-12-22/h1,3-5,8-12,14-18,25H,2,6-7,13,19-20H2. The van der Waals surface area contributed by atoms with E-state index in [0.29, 0.717) is 0 Å². The molecule has 156 valence electrons. The Morgan fingerprint density at radius 3 is 2.48 bits per heavy atom. The van der Waals surface area contributed by atoms with Gasteiger partial charge in [-0.1, -0.05) is 66.8 Å². The molecule has 0 saturated heterocycles. The van der Waals surface area contributed by atoms with Crippen molar-refractivity contribution in [3.63, 3.8) is 0 Å². The third-order valence-electron chi connectivity index (χ3n) is 6.22. The van der Waals surface area contributed by atoms with Gasteiger partial charge in [0.1, 0.15) is 5.82 Å².